The molecule has 0 N–H and O–H groups in total. The Labute approximate surface area is 235 Å². The van der Waals surface area contributed by atoms with Crippen LogP contribution in [0.2, 0.25) is 0 Å². The predicted molar refractivity (Wildman–Crippen MR) is 154 cm³/mol. The van der Waals surface area contributed by atoms with E-state index in [1.807, 2.05) is 37.3 Å². The zero-order chi connectivity index (χ0) is 28.9. The van der Waals surface area contributed by atoms with Crippen LogP contribution in [0.5, 0.6) is 0 Å². The van der Waals surface area contributed by atoms with Crippen LogP contribution >= 0.6 is 0 Å². The van der Waals surface area contributed by atoms with Crippen molar-refractivity contribution in [2.45, 2.75) is 31.1 Å². The summed E-state index contributed by atoms with van der Waals surface area (Å²) >= 11 is 0. The number of hydrogen-bond acceptors (Lipinski definition) is 9. The van der Waals surface area contributed by atoms with Gasteiger partial charge in [-0.15, -0.1) is 9.97 Å². The molecule has 0 unspecified atom stereocenters. The van der Waals surface area contributed by atoms with Crippen LogP contribution in [-0.2, 0) is 21.2 Å². The zero-order valence-corrected chi connectivity index (χ0v) is 24.2. The first-order chi connectivity index (χ1) is 19.0. The molecule has 2 heterocycles. The molecule has 1 aliphatic rings. The maximum Gasteiger partial charge on any atom is 0.528 e. The quantitative estimate of drug-likeness (QED) is 0.355. The van der Waals surface area contributed by atoms with Crippen molar-refractivity contribution in [2.24, 2.45) is 0 Å². The number of likely N-dealkylation sites (N-methyl/N-ethyl adjacent to an activating group) is 1. The van der Waals surface area contributed by atoms with Gasteiger partial charge in [-0.3, -0.25) is 4.98 Å². The zero-order valence-electron chi connectivity index (χ0n) is 23.4. The van der Waals surface area contributed by atoms with E-state index in [1.54, 1.807) is 50.4 Å². The molecule has 2 aromatic heterocycles. The van der Waals surface area contributed by atoms with E-state index in [-0.39, 0.29) is 22.7 Å². The number of hydrogen-bond donors (Lipinski definition) is 0. The first-order valence-corrected chi connectivity index (χ1v) is 14.3. The monoisotopic (exact) mass is 564 g/mol. The lowest BCUT2D eigenvalue weighted by Crippen LogP contribution is -2.48. The highest BCUT2D eigenvalue weighted by Gasteiger charge is 2.38. The highest BCUT2D eigenvalue weighted by Crippen LogP contribution is 2.26. The molecule has 40 heavy (non-hydrogen) atoms. The van der Waals surface area contributed by atoms with E-state index < -0.39 is 20.6 Å². The Hall–Kier alpha value is -4.16. The van der Waals surface area contributed by atoms with E-state index in [9.17, 15) is 13.2 Å². The summed E-state index contributed by atoms with van der Waals surface area (Å²) in [4.78, 5) is 33.0. The topological polar surface area (TPSA) is 118 Å². The van der Waals surface area contributed by atoms with E-state index in [4.69, 9.17) is 4.74 Å². The van der Waals surface area contributed by atoms with Crippen molar-refractivity contribution in [2.75, 3.05) is 43.9 Å². The number of carbonyl (C=O) groups is 1. The second-order valence-corrected chi connectivity index (χ2v) is 11.9. The number of amides is 1. The van der Waals surface area contributed by atoms with E-state index in [2.05, 4.69) is 19.9 Å². The van der Waals surface area contributed by atoms with Gasteiger partial charge in [0.05, 0.1) is 19.0 Å². The van der Waals surface area contributed by atoms with Crippen molar-refractivity contribution in [3.8, 4) is 0 Å². The van der Waals surface area contributed by atoms with E-state index in [1.165, 1.54) is 19.2 Å². The maximum atomic E-state index is 13.5. The van der Waals surface area contributed by atoms with Crippen molar-refractivity contribution >= 4 is 34.0 Å². The average molecular weight is 565 g/mol. The molecule has 0 radical (unpaired) electrons. The molecule has 0 fully saturated rings. The summed E-state index contributed by atoms with van der Waals surface area (Å²) in [5.74, 6) is 0.559. The van der Waals surface area contributed by atoms with Crippen molar-refractivity contribution in [3.63, 3.8) is 0 Å². The minimum atomic E-state index is -4.00. The van der Waals surface area contributed by atoms with Gasteiger partial charge in [-0.1, -0.05) is 29.8 Å². The van der Waals surface area contributed by atoms with Crippen LogP contribution in [0.25, 0.3) is 0 Å². The van der Waals surface area contributed by atoms with Gasteiger partial charge in [-0.25, -0.2) is 12.7 Å². The predicted octanol–water partition coefficient (Wildman–Crippen LogP) is 4.02. The number of carbonyl (C=O) groups excluding carboxylic acids is 1. The van der Waals surface area contributed by atoms with Crippen LogP contribution in [0.15, 0.2) is 77.5 Å². The lowest BCUT2D eigenvalue weighted by atomic mass is 10.2. The molecule has 1 amide bonds. The third kappa shape index (κ3) is 6.52. The van der Waals surface area contributed by atoms with Gasteiger partial charge in [0.25, 0.3) is 10.0 Å². The van der Waals surface area contributed by atoms with Crippen molar-refractivity contribution in [1.82, 2.24) is 24.4 Å². The second kappa shape index (κ2) is 11.9. The normalized spacial score (nSPS) is 13.5. The highest BCUT2D eigenvalue weighted by atomic mass is 32.2. The number of allylic oxidation sites excluding steroid dienone is 3. The lowest BCUT2D eigenvalue weighted by Gasteiger charge is -2.26. The smallest absolute Gasteiger partial charge is 0.381 e. The number of ether oxygens (including phenoxy) is 1. The number of pyridine rings is 1. The van der Waals surface area contributed by atoms with Gasteiger partial charge < -0.3 is 9.64 Å². The molecule has 0 bridgehead atoms. The largest absolute Gasteiger partial charge is 0.528 e. The van der Waals surface area contributed by atoms with Crippen molar-refractivity contribution in [1.29, 1.82) is 0 Å². The molecule has 3 aromatic rings. The minimum Gasteiger partial charge on any atom is -0.381 e. The number of aryl methyl sites for hydroxylation is 1. The minimum absolute atomic E-state index is 0.0287. The van der Waals surface area contributed by atoms with Gasteiger partial charge in [0.1, 0.15) is 5.76 Å². The van der Waals surface area contributed by atoms with Gasteiger partial charge in [0.15, 0.2) is 0 Å². The maximum absolute atomic E-state index is 13.5. The number of rotatable bonds is 9. The molecular formula is C28H34N7O4S+. The third-order valence-corrected chi connectivity index (χ3v) is 8.21. The molecule has 0 spiro atoms. The summed E-state index contributed by atoms with van der Waals surface area (Å²) in [5, 5.41) is 0. The van der Waals surface area contributed by atoms with Gasteiger partial charge in [-0.05, 0) is 56.2 Å². The molecular weight excluding hydrogens is 530 g/mol. The fourth-order valence-electron chi connectivity index (χ4n) is 3.77. The molecule has 11 nitrogen and oxygen atoms in total. The van der Waals surface area contributed by atoms with E-state index in [0.29, 0.717) is 18.7 Å². The second-order valence-electron chi connectivity index (χ2n) is 9.92. The molecule has 4 rings (SSSR count). The van der Waals surface area contributed by atoms with Crippen LogP contribution in [0.4, 0.5) is 22.6 Å². The van der Waals surface area contributed by atoms with Crippen LogP contribution in [0.3, 0.4) is 0 Å². The van der Waals surface area contributed by atoms with Gasteiger partial charge in [0.2, 0.25) is 11.9 Å². The van der Waals surface area contributed by atoms with Gasteiger partial charge in [-0.2, -0.15) is 14.3 Å². The summed E-state index contributed by atoms with van der Waals surface area (Å²) in [5.41, 5.74) is 1.82. The Kier molecular flexibility index (Phi) is 8.60. The van der Waals surface area contributed by atoms with E-state index >= 15 is 0 Å². The molecule has 12 heteroatoms. The molecule has 1 aromatic carbocycles. The number of benzene rings is 1. The lowest BCUT2D eigenvalue weighted by molar-refractivity contribution is 0.147. The Morgan fingerprint density at radius 2 is 1.73 bits per heavy atom. The number of anilines is 2. The number of sulfonamides is 1. The first-order valence-electron chi connectivity index (χ1n) is 12.8. The Morgan fingerprint density at radius 1 is 1.00 bits per heavy atom. The number of aromatic nitrogens is 4. The van der Waals surface area contributed by atoms with Crippen LogP contribution in [-0.4, -0.2) is 69.2 Å². The van der Waals surface area contributed by atoms with Crippen molar-refractivity contribution < 1.29 is 17.9 Å². The Balaban J connectivity index is 1.71. The summed E-state index contributed by atoms with van der Waals surface area (Å²) in [6, 6.07) is 12.2. The third-order valence-electron chi connectivity index (χ3n) is 6.45. The SMILES string of the molecule is Cc1ccc(S(=O)(=O)N(C)c2nc(N(C)CCc3ccccn3)nc([N+](C)(C)C(=O)OC3=CCCC=C3)n2)cc1. The molecule has 210 valence electrons. The summed E-state index contributed by atoms with van der Waals surface area (Å²) in [7, 11) is 2.33. The Morgan fingerprint density at radius 3 is 2.38 bits per heavy atom. The molecule has 1 aliphatic carbocycles. The van der Waals surface area contributed by atoms with Crippen molar-refractivity contribution in [3.05, 3.63) is 83.9 Å². The molecule has 0 saturated heterocycles. The van der Waals surface area contributed by atoms with Crippen LogP contribution in [0.1, 0.15) is 24.1 Å². The first kappa shape index (κ1) is 28.8. The fourth-order valence-corrected chi connectivity index (χ4v) is 4.86. The summed E-state index contributed by atoms with van der Waals surface area (Å²) in [6.45, 7) is 2.37. The standard InChI is InChI=1S/C28H34N7O4S/c1-21-14-16-24(17-15-21)40(37,38)34(3)26-30-25(33(2)20-18-22-11-9-10-19-29-22)31-27(32-26)35(4,5)28(36)39-23-12-7-6-8-13-23/h7,9-17,19H,6,8,18,20H2,1-5H3/q+1. The number of nitrogens with zero attached hydrogens (tertiary/aromatic N) is 7. The highest BCUT2D eigenvalue weighted by molar-refractivity contribution is 7.92. The Bertz CT molecular complexity index is 1520. The van der Waals surface area contributed by atoms with Crippen LogP contribution < -0.4 is 13.7 Å². The summed E-state index contributed by atoms with van der Waals surface area (Å²) < 4.78 is 33.1. The molecule has 0 atom stereocenters. The van der Waals surface area contributed by atoms with E-state index in [0.717, 1.165) is 28.4 Å². The molecule has 0 saturated carbocycles. The average Bonchev–Trinajstić information content (AvgIpc) is 2.96. The van der Waals surface area contributed by atoms with Gasteiger partial charge in [0, 0.05) is 39.0 Å². The van der Waals surface area contributed by atoms with Gasteiger partial charge >= 0.3 is 12.0 Å². The molecule has 0 aliphatic heterocycles. The summed E-state index contributed by atoms with van der Waals surface area (Å²) in [6.07, 6.45) is 8.88. The van der Waals surface area contributed by atoms with Crippen LogP contribution in [0, 0.1) is 6.92 Å². The number of quaternary nitrogens is 1. The fraction of sp³-hybridized carbons (Fsp3) is 0.321.